The van der Waals surface area contributed by atoms with Crippen LogP contribution in [0.3, 0.4) is 0 Å². The molecule has 0 N–H and O–H groups in total. The van der Waals surface area contributed by atoms with Crippen LogP contribution in [0.4, 0.5) is 5.13 Å². The maximum atomic E-state index is 13.1. The van der Waals surface area contributed by atoms with E-state index in [1.54, 1.807) is 42.7 Å². The van der Waals surface area contributed by atoms with Gasteiger partial charge in [0.1, 0.15) is 11.5 Å². The molecule has 0 radical (unpaired) electrons. The molecule has 0 fully saturated rings. The zero-order valence-corrected chi connectivity index (χ0v) is 19.5. The third-order valence-electron chi connectivity index (χ3n) is 4.72. The number of rotatable bonds is 9. The number of aromatic nitrogens is 3. The molecule has 0 aliphatic rings. The molecule has 7 nitrogen and oxygen atoms in total. The normalized spacial score (nSPS) is 11.0. The number of halogens is 2. The van der Waals surface area contributed by atoms with Crippen LogP contribution in [0.2, 0.25) is 10.0 Å². The first kappa shape index (κ1) is 22.4. The number of thiazole rings is 1. The molecule has 0 unspecified atom stereocenters. The van der Waals surface area contributed by atoms with Gasteiger partial charge in [-0.25, -0.2) is 9.97 Å². The lowest BCUT2D eigenvalue weighted by molar-refractivity contribution is -0.120. The Morgan fingerprint density at radius 3 is 2.84 bits per heavy atom. The molecule has 0 aliphatic heterocycles. The maximum Gasteiger partial charge on any atom is 0.266 e. The highest BCUT2D eigenvalue weighted by Gasteiger charge is 2.21. The highest BCUT2D eigenvalue weighted by molar-refractivity contribution is 7.22. The number of methoxy groups -OCH3 is 1. The SMILES string of the molecule is COc1ccc2nc(N(CCCn3ccnc3)C(=O)COc3ccc(Cl)cc3Cl)sc2c1. The van der Waals surface area contributed by atoms with E-state index >= 15 is 0 Å². The van der Waals surface area contributed by atoms with E-state index in [9.17, 15) is 4.79 Å². The first-order chi connectivity index (χ1) is 15.5. The fraction of sp³-hybridized carbons (Fsp3) is 0.227. The van der Waals surface area contributed by atoms with Gasteiger partial charge in [-0.2, -0.15) is 0 Å². The Morgan fingerprint density at radius 2 is 2.09 bits per heavy atom. The maximum absolute atomic E-state index is 13.1. The summed E-state index contributed by atoms with van der Waals surface area (Å²) in [5.74, 6) is 0.927. The number of imidazole rings is 1. The van der Waals surface area contributed by atoms with Crippen molar-refractivity contribution in [3.63, 3.8) is 0 Å². The van der Waals surface area contributed by atoms with Crippen LogP contribution in [-0.2, 0) is 11.3 Å². The summed E-state index contributed by atoms with van der Waals surface area (Å²) < 4.78 is 13.9. The van der Waals surface area contributed by atoms with Crippen molar-refractivity contribution in [2.45, 2.75) is 13.0 Å². The Bertz CT molecular complexity index is 1210. The van der Waals surface area contributed by atoms with Gasteiger partial charge in [0.15, 0.2) is 11.7 Å². The zero-order chi connectivity index (χ0) is 22.5. The average Bonchev–Trinajstić information content (AvgIpc) is 3.45. The lowest BCUT2D eigenvalue weighted by Gasteiger charge is -2.20. The minimum Gasteiger partial charge on any atom is -0.497 e. The third kappa shape index (κ3) is 5.32. The number of ether oxygens (including phenoxy) is 2. The molecule has 4 rings (SSSR count). The van der Waals surface area contributed by atoms with Crippen molar-refractivity contribution in [3.8, 4) is 11.5 Å². The van der Waals surface area contributed by atoms with Crippen molar-refractivity contribution >= 4 is 55.8 Å². The quantitative estimate of drug-likeness (QED) is 0.318. The molecule has 0 saturated heterocycles. The van der Waals surface area contributed by atoms with Crippen LogP contribution in [0.25, 0.3) is 10.2 Å². The number of aryl methyl sites for hydroxylation is 1. The molecule has 2 aromatic carbocycles. The van der Waals surface area contributed by atoms with Crippen LogP contribution in [0.15, 0.2) is 55.1 Å². The highest BCUT2D eigenvalue weighted by Crippen LogP contribution is 2.32. The largest absolute Gasteiger partial charge is 0.497 e. The van der Waals surface area contributed by atoms with Crippen LogP contribution in [0.5, 0.6) is 11.5 Å². The molecule has 2 heterocycles. The van der Waals surface area contributed by atoms with E-state index in [1.165, 1.54) is 11.3 Å². The first-order valence-corrected chi connectivity index (χ1v) is 11.4. The number of benzene rings is 2. The molecule has 10 heteroatoms. The monoisotopic (exact) mass is 490 g/mol. The van der Waals surface area contributed by atoms with Gasteiger partial charge in [-0.15, -0.1) is 0 Å². The number of fused-ring (bicyclic) bond motifs is 1. The van der Waals surface area contributed by atoms with Crippen molar-refractivity contribution in [3.05, 3.63) is 65.2 Å². The Balaban J connectivity index is 1.52. The summed E-state index contributed by atoms with van der Waals surface area (Å²) >= 11 is 13.5. The second-order valence-corrected chi connectivity index (χ2v) is 8.75. The number of nitrogens with zero attached hydrogens (tertiary/aromatic N) is 4. The van der Waals surface area contributed by atoms with E-state index in [4.69, 9.17) is 32.7 Å². The fourth-order valence-electron chi connectivity index (χ4n) is 3.10. The van der Waals surface area contributed by atoms with E-state index in [1.807, 2.05) is 29.0 Å². The lowest BCUT2D eigenvalue weighted by atomic mass is 10.3. The number of amides is 1. The van der Waals surface area contributed by atoms with Crippen LogP contribution < -0.4 is 14.4 Å². The van der Waals surface area contributed by atoms with E-state index in [0.717, 1.165) is 28.9 Å². The summed E-state index contributed by atoms with van der Waals surface area (Å²) in [4.78, 5) is 23.5. The van der Waals surface area contributed by atoms with E-state index in [0.29, 0.717) is 27.5 Å². The summed E-state index contributed by atoms with van der Waals surface area (Å²) in [6, 6.07) is 10.5. The number of anilines is 1. The second-order valence-electron chi connectivity index (χ2n) is 6.89. The van der Waals surface area contributed by atoms with Crippen molar-refractivity contribution in [2.24, 2.45) is 0 Å². The molecule has 0 bridgehead atoms. The molecular weight excluding hydrogens is 471 g/mol. The summed E-state index contributed by atoms with van der Waals surface area (Å²) in [5, 5.41) is 1.46. The van der Waals surface area contributed by atoms with Gasteiger partial charge >= 0.3 is 0 Å². The average molecular weight is 491 g/mol. The summed E-state index contributed by atoms with van der Waals surface area (Å²) in [6.07, 6.45) is 6.10. The minimum absolute atomic E-state index is 0.175. The zero-order valence-electron chi connectivity index (χ0n) is 17.2. The van der Waals surface area contributed by atoms with Gasteiger partial charge in [0.25, 0.3) is 5.91 Å². The van der Waals surface area contributed by atoms with Gasteiger partial charge in [-0.3, -0.25) is 9.69 Å². The Hall–Kier alpha value is -2.81. The van der Waals surface area contributed by atoms with E-state index < -0.39 is 0 Å². The van der Waals surface area contributed by atoms with Crippen LogP contribution >= 0.6 is 34.5 Å². The number of carbonyl (C=O) groups is 1. The molecule has 0 atom stereocenters. The molecule has 32 heavy (non-hydrogen) atoms. The molecular formula is C22H20Cl2N4O3S. The molecule has 2 aromatic heterocycles. The van der Waals surface area contributed by atoms with Crippen molar-refractivity contribution in [1.82, 2.24) is 14.5 Å². The summed E-state index contributed by atoms with van der Waals surface area (Å²) in [5.41, 5.74) is 0.805. The molecule has 0 spiro atoms. The lowest BCUT2D eigenvalue weighted by Crippen LogP contribution is -2.36. The summed E-state index contributed by atoms with van der Waals surface area (Å²) in [7, 11) is 1.62. The highest BCUT2D eigenvalue weighted by atomic mass is 35.5. The van der Waals surface area contributed by atoms with Crippen molar-refractivity contribution in [2.75, 3.05) is 25.2 Å². The summed E-state index contributed by atoms with van der Waals surface area (Å²) in [6.45, 7) is 1.03. The fourth-order valence-corrected chi connectivity index (χ4v) is 4.60. The van der Waals surface area contributed by atoms with Gasteiger partial charge in [0.2, 0.25) is 0 Å². The second kappa shape index (κ2) is 10.2. The van der Waals surface area contributed by atoms with Gasteiger partial charge in [-0.1, -0.05) is 34.5 Å². The predicted octanol–water partition coefficient (Wildman–Crippen LogP) is 5.31. The predicted molar refractivity (Wildman–Crippen MR) is 127 cm³/mol. The minimum atomic E-state index is -0.215. The van der Waals surface area contributed by atoms with Crippen LogP contribution in [0, 0.1) is 0 Å². The Labute approximate surface area is 199 Å². The standard InChI is InChI=1S/C22H20Cl2N4O3S/c1-30-16-4-5-18-20(12-16)32-22(26-18)28(9-2-8-27-10-7-25-14-27)21(29)13-31-19-6-3-15(23)11-17(19)24/h3-7,10-12,14H,2,8-9,13H2,1H3. The van der Waals surface area contributed by atoms with E-state index in [-0.39, 0.29) is 12.5 Å². The van der Waals surface area contributed by atoms with E-state index in [2.05, 4.69) is 9.97 Å². The smallest absolute Gasteiger partial charge is 0.266 e. The molecule has 0 aliphatic carbocycles. The number of hydrogen-bond acceptors (Lipinski definition) is 6. The topological polar surface area (TPSA) is 69.5 Å². The van der Waals surface area contributed by atoms with Crippen molar-refractivity contribution < 1.29 is 14.3 Å². The molecule has 166 valence electrons. The van der Waals surface area contributed by atoms with Gasteiger partial charge in [0, 0.05) is 30.5 Å². The number of hydrogen-bond donors (Lipinski definition) is 0. The number of carbonyl (C=O) groups excluding carboxylic acids is 1. The Morgan fingerprint density at radius 1 is 1.22 bits per heavy atom. The molecule has 4 aromatic rings. The van der Waals surface area contributed by atoms with Crippen LogP contribution in [-0.4, -0.2) is 40.7 Å². The van der Waals surface area contributed by atoms with Gasteiger partial charge in [-0.05, 0) is 42.8 Å². The van der Waals surface area contributed by atoms with Crippen molar-refractivity contribution in [1.29, 1.82) is 0 Å². The molecule has 0 saturated carbocycles. The first-order valence-electron chi connectivity index (χ1n) is 9.82. The van der Waals surface area contributed by atoms with Gasteiger partial charge in [0.05, 0.1) is 28.7 Å². The van der Waals surface area contributed by atoms with Gasteiger partial charge < -0.3 is 14.0 Å². The molecule has 1 amide bonds. The Kier molecular flexibility index (Phi) is 7.14. The third-order valence-corrected chi connectivity index (χ3v) is 6.29. The van der Waals surface area contributed by atoms with Crippen LogP contribution in [0.1, 0.15) is 6.42 Å².